The van der Waals surface area contributed by atoms with Gasteiger partial charge in [-0.2, -0.15) is 0 Å². The number of carbonyl (C=O) groups is 1. The third-order valence-electron chi connectivity index (χ3n) is 3.77. The van der Waals surface area contributed by atoms with Crippen LogP contribution in [0.1, 0.15) is 21.1 Å². The molecule has 4 aromatic rings. The molecule has 0 unspecified atom stereocenters. The smallest absolute Gasteiger partial charge is 0.380 e. The summed E-state index contributed by atoms with van der Waals surface area (Å²) in [5.74, 6) is 0.398. The van der Waals surface area contributed by atoms with E-state index in [-0.39, 0.29) is 5.76 Å². The van der Waals surface area contributed by atoms with Gasteiger partial charge in [0.05, 0.1) is 5.02 Å². The monoisotopic (exact) mass is 416 g/mol. The SMILES string of the molecule is Cc1nnc(SCc2c(C(=O)Oc3ccccc3Cl)oc3ccccc23)s1. The van der Waals surface area contributed by atoms with Crippen molar-refractivity contribution in [3.8, 4) is 5.75 Å². The molecule has 2 heterocycles. The summed E-state index contributed by atoms with van der Waals surface area (Å²) in [5, 5.41) is 10.3. The fraction of sp³-hybridized carbons (Fsp3) is 0.105. The maximum atomic E-state index is 12.8. The molecule has 0 aliphatic carbocycles. The molecule has 0 N–H and O–H groups in total. The zero-order chi connectivity index (χ0) is 18.8. The van der Waals surface area contributed by atoms with Crippen LogP contribution < -0.4 is 4.74 Å². The molecule has 0 spiro atoms. The normalized spacial score (nSPS) is 11.0. The molecular weight excluding hydrogens is 404 g/mol. The molecule has 0 aliphatic rings. The Morgan fingerprint density at radius 3 is 2.74 bits per heavy atom. The molecule has 0 amide bonds. The lowest BCUT2D eigenvalue weighted by molar-refractivity contribution is 0.0703. The lowest BCUT2D eigenvalue weighted by Gasteiger charge is -2.05. The number of benzene rings is 2. The van der Waals surface area contributed by atoms with E-state index in [0.717, 1.165) is 20.3 Å². The summed E-state index contributed by atoms with van der Waals surface area (Å²) in [5.41, 5.74) is 1.40. The second-order valence-corrected chi connectivity index (χ2v) is 8.41. The van der Waals surface area contributed by atoms with E-state index in [4.69, 9.17) is 20.8 Å². The van der Waals surface area contributed by atoms with Crippen molar-refractivity contribution in [1.29, 1.82) is 0 Å². The van der Waals surface area contributed by atoms with Crippen molar-refractivity contribution < 1.29 is 13.9 Å². The number of aromatic nitrogens is 2. The molecular formula is C19H13ClN2O3S2. The molecule has 0 bridgehead atoms. The van der Waals surface area contributed by atoms with E-state index in [1.54, 1.807) is 24.3 Å². The average molecular weight is 417 g/mol. The maximum Gasteiger partial charge on any atom is 0.380 e. The summed E-state index contributed by atoms with van der Waals surface area (Å²) in [6, 6.07) is 14.3. The van der Waals surface area contributed by atoms with Crippen LogP contribution in [0.4, 0.5) is 0 Å². The van der Waals surface area contributed by atoms with E-state index in [0.29, 0.717) is 22.1 Å². The van der Waals surface area contributed by atoms with Crippen molar-refractivity contribution >= 4 is 51.6 Å². The Morgan fingerprint density at radius 1 is 1.19 bits per heavy atom. The van der Waals surface area contributed by atoms with E-state index in [9.17, 15) is 4.79 Å². The summed E-state index contributed by atoms with van der Waals surface area (Å²) in [6.45, 7) is 1.90. The van der Waals surface area contributed by atoms with Crippen LogP contribution in [0.25, 0.3) is 11.0 Å². The molecule has 4 rings (SSSR count). The highest BCUT2D eigenvalue weighted by Gasteiger charge is 2.23. The second kappa shape index (κ2) is 7.72. The highest BCUT2D eigenvalue weighted by molar-refractivity contribution is 8.00. The van der Waals surface area contributed by atoms with Crippen molar-refractivity contribution in [2.75, 3.05) is 0 Å². The summed E-state index contributed by atoms with van der Waals surface area (Å²) in [4.78, 5) is 12.8. The highest BCUT2D eigenvalue weighted by atomic mass is 35.5. The molecule has 0 atom stereocenters. The van der Waals surface area contributed by atoms with E-state index in [1.165, 1.54) is 23.1 Å². The molecule has 27 heavy (non-hydrogen) atoms. The van der Waals surface area contributed by atoms with Crippen LogP contribution in [0.15, 0.2) is 57.3 Å². The summed E-state index contributed by atoms with van der Waals surface area (Å²) >= 11 is 9.11. The Hall–Kier alpha value is -2.35. The Kier molecular flexibility index (Phi) is 5.15. The number of halogens is 1. The van der Waals surface area contributed by atoms with Crippen molar-refractivity contribution in [2.45, 2.75) is 17.0 Å². The zero-order valence-corrected chi connectivity index (χ0v) is 16.5. The molecule has 136 valence electrons. The first-order valence-corrected chi connectivity index (χ1v) is 10.2. The largest absolute Gasteiger partial charge is 0.449 e. The number of furan rings is 1. The summed E-state index contributed by atoms with van der Waals surface area (Å²) in [7, 11) is 0. The van der Waals surface area contributed by atoms with Gasteiger partial charge in [-0.15, -0.1) is 10.2 Å². The number of para-hydroxylation sites is 2. The van der Waals surface area contributed by atoms with Crippen molar-refractivity contribution in [3.05, 3.63) is 69.9 Å². The van der Waals surface area contributed by atoms with Crippen LogP contribution >= 0.6 is 34.7 Å². The van der Waals surface area contributed by atoms with Crippen LogP contribution in [0.3, 0.4) is 0 Å². The lowest BCUT2D eigenvalue weighted by atomic mass is 10.1. The van der Waals surface area contributed by atoms with E-state index >= 15 is 0 Å². The van der Waals surface area contributed by atoms with Gasteiger partial charge in [-0.25, -0.2) is 4.79 Å². The van der Waals surface area contributed by atoms with Gasteiger partial charge in [0, 0.05) is 16.7 Å². The number of hydrogen-bond donors (Lipinski definition) is 0. The van der Waals surface area contributed by atoms with Gasteiger partial charge in [-0.1, -0.05) is 65.0 Å². The van der Waals surface area contributed by atoms with E-state index in [2.05, 4.69) is 10.2 Å². The number of fused-ring (bicyclic) bond motifs is 1. The quantitative estimate of drug-likeness (QED) is 0.234. The van der Waals surface area contributed by atoms with Gasteiger partial charge in [0.15, 0.2) is 4.34 Å². The third kappa shape index (κ3) is 3.85. The predicted octanol–water partition coefficient (Wildman–Crippen LogP) is 5.76. The molecule has 8 heteroatoms. The molecule has 0 saturated heterocycles. The average Bonchev–Trinajstić information content (AvgIpc) is 3.25. The Balaban J connectivity index is 1.66. The van der Waals surface area contributed by atoms with Gasteiger partial charge in [0.2, 0.25) is 5.76 Å². The topological polar surface area (TPSA) is 65.2 Å². The molecule has 2 aromatic carbocycles. The van der Waals surface area contributed by atoms with Crippen LogP contribution in [-0.4, -0.2) is 16.2 Å². The molecule has 2 aromatic heterocycles. The summed E-state index contributed by atoms with van der Waals surface area (Å²) in [6.07, 6.45) is 0. The Morgan fingerprint density at radius 2 is 1.96 bits per heavy atom. The molecule has 0 fully saturated rings. The van der Waals surface area contributed by atoms with Crippen molar-refractivity contribution in [1.82, 2.24) is 10.2 Å². The van der Waals surface area contributed by atoms with E-state index in [1.807, 2.05) is 31.2 Å². The fourth-order valence-electron chi connectivity index (χ4n) is 2.55. The number of rotatable bonds is 5. The van der Waals surface area contributed by atoms with E-state index < -0.39 is 5.97 Å². The number of ether oxygens (including phenoxy) is 1. The lowest BCUT2D eigenvalue weighted by Crippen LogP contribution is -2.09. The predicted molar refractivity (Wildman–Crippen MR) is 107 cm³/mol. The second-order valence-electron chi connectivity index (χ2n) is 5.60. The minimum absolute atomic E-state index is 0.171. The highest BCUT2D eigenvalue weighted by Crippen LogP contribution is 2.34. The van der Waals surface area contributed by atoms with Gasteiger partial charge < -0.3 is 9.15 Å². The number of hydrogen-bond acceptors (Lipinski definition) is 7. The number of carbonyl (C=O) groups excluding carboxylic acids is 1. The molecule has 0 saturated carbocycles. The van der Waals surface area contributed by atoms with Crippen LogP contribution in [-0.2, 0) is 5.75 Å². The first kappa shape index (κ1) is 18.0. The van der Waals surface area contributed by atoms with Crippen LogP contribution in [0.2, 0.25) is 5.02 Å². The Labute approximate surface area is 168 Å². The van der Waals surface area contributed by atoms with Crippen LogP contribution in [0, 0.1) is 6.92 Å². The zero-order valence-electron chi connectivity index (χ0n) is 14.1. The number of aryl methyl sites for hydroxylation is 1. The fourth-order valence-corrected chi connectivity index (χ4v) is 4.57. The van der Waals surface area contributed by atoms with Gasteiger partial charge in [-0.05, 0) is 25.1 Å². The number of esters is 1. The van der Waals surface area contributed by atoms with Gasteiger partial charge in [0.1, 0.15) is 16.3 Å². The first-order chi connectivity index (χ1) is 13.1. The summed E-state index contributed by atoms with van der Waals surface area (Å²) < 4.78 is 12.1. The van der Waals surface area contributed by atoms with Gasteiger partial charge in [-0.3, -0.25) is 0 Å². The number of nitrogens with zero attached hydrogens (tertiary/aromatic N) is 2. The van der Waals surface area contributed by atoms with Gasteiger partial charge in [0.25, 0.3) is 0 Å². The molecule has 5 nitrogen and oxygen atoms in total. The van der Waals surface area contributed by atoms with Gasteiger partial charge >= 0.3 is 5.97 Å². The minimum Gasteiger partial charge on any atom is -0.449 e. The standard InChI is InChI=1S/C19H13ClN2O3S2/c1-11-21-22-19(27-11)26-10-13-12-6-2-4-8-15(12)24-17(13)18(23)25-16-9-5-3-7-14(16)20/h2-9H,10H2,1H3. The minimum atomic E-state index is -0.580. The Bertz CT molecular complexity index is 1120. The molecule has 0 aliphatic heterocycles. The number of thioether (sulfide) groups is 1. The van der Waals surface area contributed by atoms with Crippen LogP contribution in [0.5, 0.6) is 5.75 Å². The third-order valence-corrected chi connectivity index (χ3v) is 6.08. The van der Waals surface area contributed by atoms with Crippen molar-refractivity contribution in [2.24, 2.45) is 0 Å². The van der Waals surface area contributed by atoms with Crippen molar-refractivity contribution in [3.63, 3.8) is 0 Å². The first-order valence-electron chi connectivity index (χ1n) is 8.02. The molecule has 0 radical (unpaired) electrons. The maximum absolute atomic E-state index is 12.8.